The lowest BCUT2D eigenvalue weighted by molar-refractivity contribution is 0.0888. The van der Waals surface area contributed by atoms with Crippen molar-refractivity contribution in [1.29, 1.82) is 0 Å². The van der Waals surface area contributed by atoms with E-state index in [4.69, 9.17) is 0 Å². The lowest BCUT2D eigenvalue weighted by atomic mass is 10.0. The summed E-state index contributed by atoms with van der Waals surface area (Å²) >= 11 is 5.52. The predicted molar refractivity (Wildman–Crippen MR) is 82.4 cm³/mol. The molecule has 2 heterocycles. The molecule has 1 aromatic rings. The van der Waals surface area contributed by atoms with Crippen molar-refractivity contribution in [3.8, 4) is 0 Å². The summed E-state index contributed by atoms with van der Waals surface area (Å²) in [7, 11) is 4.45. The molecule has 2 rings (SSSR count). The summed E-state index contributed by atoms with van der Waals surface area (Å²) in [6.45, 7) is 6.62. The Kier molecular flexibility index (Phi) is 5.21. The largest absolute Gasteiger partial charge is 0.308 e. The lowest BCUT2D eigenvalue weighted by Gasteiger charge is -2.42. The van der Waals surface area contributed by atoms with Crippen molar-refractivity contribution in [2.24, 2.45) is 0 Å². The van der Waals surface area contributed by atoms with Gasteiger partial charge in [-0.1, -0.05) is 6.92 Å². The van der Waals surface area contributed by atoms with E-state index in [0.717, 1.165) is 26.2 Å². The fourth-order valence-electron chi connectivity index (χ4n) is 2.55. The van der Waals surface area contributed by atoms with Gasteiger partial charge in [-0.15, -0.1) is 11.3 Å². The first-order valence-corrected chi connectivity index (χ1v) is 8.15. The first kappa shape index (κ1) is 14.5. The van der Waals surface area contributed by atoms with Gasteiger partial charge in [-0.2, -0.15) is 0 Å². The lowest BCUT2D eigenvalue weighted by Crippen LogP contribution is -2.55. The van der Waals surface area contributed by atoms with Crippen LogP contribution in [0.4, 0.5) is 0 Å². The monoisotopic (exact) mass is 331 g/mol. The zero-order chi connectivity index (χ0) is 13.1. The molecule has 1 saturated heterocycles. The highest BCUT2D eigenvalue weighted by molar-refractivity contribution is 9.10. The summed E-state index contributed by atoms with van der Waals surface area (Å²) < 4.78 is 1.24. The van der Waals surface area contributed by atoms with Gasteiger partial charge in [-0.3, -0.25) is 4.90 Å². The van der Waals surface area contributed by atoms with Crippen LogP contribution in [0, 0.1) is 0 Å². The van der Waals surface area contributed by atoms with Gasteiger partial charge >= 0.3 is 0 Å². The highest BCUT2D eigenvalue weighted by Gasteiger charge is 2.31. The van der Waals surface area contributed by atoms with Crippen LogP contribution < -0.4 is 5.32 Å². The van der Waals surface area contributed by atoms with Crippen LogP contribution in [0.2, 0.25) is 0 Å². The van der Waals surface area contributed by atoms with Gasteiger partial charge in [0.1, 0.15) is 0 Å². The molecule has 2 atom stereocenters. The minimum atomic E-state index is 0.414. The number of rotatable bonds is 4. The molecule has 0 radical (unpaired) electrons. The number of hydrogen-bond donors (Lipinski definition) is 1. The van der Waals surface area contributed by atoms with Gasteiger partial charge in [-0.25, -0.2) is 0 Å². The van der Waals surface area contributed by atoms with Gasteiger partial charge < -0.3 is 10.2 Å². The summed E-state index contributed by atoms with van der Waals surface area (Å²) in [5, 5.41) is 5.82. The van der Waals surface area contributed by atoms with Crippen LogP contribution in [0.15, 0.2) is 15.9 Å². The van der Waals surface area contributed by atoms with Crippen molar-refractivity contribution in [3.05, 3.63) is 20.8 Å². The molecule has 102 valence electrons. The third kappa shape index (κ3) is 3.14. The molecule has 2 unspecified atom stereocenters. The van der Waals surface area contributed by atoms with Crippen LogP contribution in [-0.2, 0) is 0 Å². The minimum absolute atomic E-state index is 0.414. The molecule has 1 fully saturated rings. The SMILES string of the molecule is CCNC(c1sccc1Br)C1CN(C)CCN1C. The Morgan fingerprint density at radius 3 is 2.89 bits per heavy atom. The van der Waals surface area contributed by atoms with Gasteiger partial charge in [0.05, 0.1) is 6.04 Å². The molecule has 5 heteroatoms. The summed E-state index contributed by atoms with van der Waals surface area (Å²) in [5.74, 6) is 0. The first-order valence-electron chi connectivity index (χ1n) is 6.48. The van der Waals surface area contributed by atoms with Crippen LogP contribution >= 0.6 is 27.3 Å². The number of nitrogens with one attached hydrogen (secondary N) is 1. The van der Waals surface area contributed by atoms with Crippen molar-refractivity contribution in [3.63, 3.8) is 0 Å². The third-order valence-electron chi connectivity index (χ3n) is 3.64. The maximum Gasteiger partial charge on any atom is 0.0596 e. The first-order chi connectivity index (χ1) is 8.63. The molecule has 0 spiro atoms. The van der Waals surface area contributed by atoms with Crippen LogP contribution in [0.3, 0.4) is 0 Å². The minimum Gasteiger partial charge on any atom is -0.308 e. The molecular formula is C13H22BrN3S. The molecule has 1 aliphatic heterocycles. The fraction of sp³-hybridized carbons (Fsp3) is 0.692. The van der Waals surface area contributed by atoms with E-state index in [1.807, 2.05) is 11.3 Å². The van der Waals surface area contributed by atoms with Crippen molar-refractivity contribution in [1.82, 2.24) is 15.1 Å². The Hall–Kier alpha value is 0.0600. The van der Waals surface area contributed by atoms with Gasteiger partial charge in [0, 0.05) is 35.0 Å². The van der Waals surface area contributed by atoms with Gasteiger partial charge in [0.15, 0.2) is 0 Å². The smallest absolute Gasteiger partial charge is 0.0596 e. The highest BCUT2D eigenvalue weighted by atomic mass is 79.9. The molecule has 0 saturated carbocycles. The molecule has 18 heavy (non-hydrogen) atoms. The van der Waals surface area contributed by atoms with E-state index in [0.29, 0.717) is 12.1 Å². The van der Waals surface area contributed by atoms with Gasteiger partial charge in [0.25, 0.3) is 0 Å². The molecule has 0 aromatic carbocycles. The molecule has 3 nitrogen and oxygen atoms in total. The Labute approximate surface area is 122 Å². The average molecular weight is 332 g/mol. The van der Waals surface area contributed by atoms with E-state index in [9.17, 15) is 0 Å². The topological polar surface area (TPSA) is 18.5 Å². The standard InChI is InChI=1S/C13H22BrN3S/c1-4-15-12(13-10(14)5-8-18-13)11-9-16(2)6-7-17(11)3/h5,8,11-12,15H,4,6-7,9H2,1-3H3. The zero-order valence-corrected chi connectivity index (χ0v) is 13.7. The number of piperazine rings is 1. The van der Waals surface area contributed by atoms with E-state index < -0.39 is 0 Å². The van der Waals surface area contributed by atoms with Gasteiger partial charge in [-0.05, 0) is 48.0 Å². The van der Waals surface area contributed by atoms with Crippen molar-refractivity contribution in [2.75, 3.05) is 40.3 Å². The second-order valence-corrected chi connectivity index (χ2v) is 6.78. The molecule has 1 aromatic heterocycles. The molecule has 1 N–H and O–H groups in total. The Morgan fingerprint density at radius 1 is 1.50 bits per heavy atom. The fourth-order valence-corrected chi connectivity index (χ4v) is 4.31. The molecule has 0 amide bonds. The van der Waals surface area contributed by atoms with E-state index in [-0.39, 0.29) is 0 Å². The van der Waals surface area contributed by atoms with Crippen LogP contribution in [0.25, 0.3) is 0 Å². The van der Waals surface area contributed by atoms with Crippen molar-refractivity contribution >= 4 is 27.3 Å². The van der Waals surface area contributed by atoms with Gasteiger partial charge in [0.2, 0.25) is 0 Å². The molecule has 0 bridgehead atoms. The van der Waals surface area contributed by atoms with E-state index in [1.54, 1.807) is 0 Å². The third-order valence-corrected chi connectivity index (χ3v) is 5.59. The van der Waals surface area contributed by atoms with E-state index in [2.05, 4.69) is 63.5 Å². The van der Waals surface area contributed by atoms with Crippen LogP contribution in [0.1, 0.15) is 17.8 Å². The zero-order valence-electron chi connectivity index (χ0n) is 11.3. The summed E-state index contributed by atoms with van der Waals surface area (Å²) in [4.78, 5) is 6.33. The number of nitrogens with zero attached hydrogens (tertiary/aromatic N) is 2. The molecule has 1 aliphatic rings. The van der Waals surface area contributed by atoms with E-state index in [1.165, 1.54) is 9.35 Å². The Balaban J connectivity index is 2.21. The number of hydrogen-bond acceptors (Lipinski definition) is 4. The van der Waals surface area contributed by atoms with Crippen LogP contribution in [-0.4, -0.2) is 56.1 Å². The normalized spacial score (nSPS) is 24.3. The highest BCUT2D eigenvalue weighted by Crippen LogP contribution is 2.33. The van der Waals surface area contributed by atoms with Crippen LogP contribution in [0.5, 0.6) is 0 Å². The maximum absolute atomic E-state index is 3.68. The van der Waals surface area contributed by atoms with Crippen molar-refractivity contribution < 1.29 is 0 Å². The average Bonchev–Trinajstić information content (AvgIpc) is 2.76. The van der Waals surface area contributed by atoms with Crippen molar-refractivity contribution in [2.45, 2.75) is 19.0 Å². The summed E-state index contributed by atoms with van der Waals surface area (Å²) in [5.41, 5.74) is 0. The van der Waals surface area contributed by atoms with E-state index >= 15 is 0 Å². The second kappa shape index (κ2) is 6.48. The summed E-state index contributed by atoms with van der Waals surface area (Å²) in [6.07, 6.45) is 0. The molecule has 0 aliphatic carbocycles. The number of halogens is 1. The maximum atomic E-state index is 3.68. The molecular weight excluding hydrogens is 310 g/mol. The quantitative estimate of drug-likeness (QED) is 0.914. The summed E-state index contributed by atoms with van der Waals surface area (Å²) in [6, 6.07) is 3.10. The Morgan fingerprint density at radius 2 is 2.28 bits per heavy atom. The Bertz CT molecular complexity index is 382. The number of likely N-dealkylation sites (N-methyl/N-ethyl adjacent to an activating group) is 3. The second-order valence-electron chi connectivity index (χ2n) is 4.98. The number of thiophene rings is 1. The predicted octanol–water partition coefficient (Wildman–Crippen LogP) is 2.41.